The molecule has 0 aliphatic carbocycles. The van der Waals surface area contributed by atoms with Gasteiger partial charge in [-0.2, -0.15) is 0 Å². The second-order valence-electron chi connectivity index (χ2n) is 8.70. The van der Waals surface area contributed by atoms with E-state index in [1.165, 1.54) is 46.0 Å². The predicted octanol–water partition coefficient (Wildman–Crippen LogP) is 5.72. The van der Waals surface area contributed by atoms with Gasteiger partial charge < -0.3 is 9.84 Å². The molecular formula is C29H24N4O4S2. The van der Waals surface area contributed by atoms with Crippen molar-refractivity contribution in [2.75, 3.05) is 11.5 Å². The first kappa shape index (κ1) is 26.3. The van der Waals surface area contributed by atoms with E-state index in [-0.39, 0.29) is 16.5 Å². The summed E-state index contributed by atoms with van der Waals surface area (Å²) in [6.45, 7) is 6.00. The van der Waals surface area contributed by atoms with E-state index in [1.807, 2.05) is 6.92 Å². The normalized spacial score (nSPS) is 16.4. The van der Waals surface area contributed by atoms with Crippen LogP contribution in [0, 0.1) is 6.92 Å². The summed E-state index contributed by atoms with van der Waals surface area (Å²) in [6.07, 6.45) is 4.64. The fourth-order valence-corrected chi connectivity index (χ4v) is 5.95. The number of carbonyl (C=O) groups excluding carboxylic acids is 2. The molecule has 5 rings (SSSR count). The topological polar surface area (TPSA) is 106 Å². The fourth-order valence-electron chi connectivity index (χ4n) is 4.13. The molecule has 1 aliphatic heterocycles. The molecule has 8 nitrogen and oxygen atoms in total. The first-order valence-corrected chi connectivity index (χ1v) is 13.8. The molecule has 1 saturated heterocycles. The minimum atomic E-state index is -0.937. The lowest BCUT2D eigenvalue weighted by molar-refractivity contribution is -0.132. The van der Waals surface area contributed by atoms with E-state index in [1.54, 1.807) is 42.5 Å². The van der Waals surface area contributed by atoms with Crippen LogP contribution in [-0.2, 0) is 15.3 Å². The number of benzene rings is 2. The Labute approximate surface area is 233 Å². The van der Waals surface area contributed by atoms with Gasteiger partial charge in [0.1, 0.15) is 18.1 Å². The van der Waals surface area contributed by atoms with E-state index in [4.69, 9.17) is 4.74 Å². The van der Waals surface area contributed by atoms with Gasteiger partial charge in [0.2, 0.25) is 5.13 Å². The van der Waals surface area contributed by atoms with Crippen molar-refractivity contribution in [3.05, 3.63) is 114 Å². The number of thioether (sulfide) groups is 1. The molecule has 2 aromatic heterocycles. The van der Waals surface area contributed by atoms with Gasteiger partial charge in [0, 0.05) is 23.7 Å². The number of aliphatic hydroxyl groups excluding tert-OH is 1. The summed E-state index contributed by atoms with van der Waals surface area (Å²) >= 11 is 2.72. The van der Waals surface area contributed by atoms with Crippen LogP contribution in [0.3, 0.4) is 0 Å². The summed E-state index contributed by atoms with van der Waals surface area (Å²) in [6, 6.07) is 17.5. The Morgan fingerprint density at radius 2 is 1.90 bits per heavy atom. The van der Waals surface area contributed by atoms with E-state index in [0.29, 0.717) is 33.6 Å². The highest BCUT2D eigenvalue weighted by molar-refractivity contribution is 8.00. The van der Waals surface area contributed by atoms with E-state index < -0.39 is 17.7 Å². The Hall–Kier alpha value is -4.28. The number of pyridine rings is 1. The van der Waals surface area contributed by atoms with E-state index in [9.17, 15) is 14.7 Å². The first-order chi connectivity index (χ1) is 19.0. The molecule has 1 aliphatic rings. The lowest BCUT2D eigenvalue weighted by Gasteiger charge is -2.23. The third kappa shape index (κ3) is 5.62. The molecule has 10 heteroatoms. The lowest BCUT2D eigenvalue weighted by atomic mass is 9.95. The second kappa shape index (κ2) is 11.6. The van der Waals surface area contributed by atoms with Crippen molar-refractivity contribution in [2.45, 2.75) is 23.1 Å². The predicted molar refractivity (Wildman–Crippen MR) is 152 cm³/mol. The largest absolute Gasteiger partial charge is 0.507 e. The zero-order valence-corrected chi connectivity index (χ0v) is 22.6. The molecular weight excluding hydrogens is 532 g/mol. The van der Waals surface area contributed by atoms with Crippen molar-refractivity contribution in [2.24, 2.45) is 0 Å². The Morgan fingerprint density at radius 1 is 1.13 bits per heavy atom. The van der Waals surface area contributed by atoms with Gasteiger partial charge in [-0.25, -0.2) is 0 Å². The van der Waals surface area contributed by atoms with Crippen molar-refractivity contribution in [1.82, 2.24) is 15.2 Å². The highest BCUT2D eigenvalue weighted by atomic mass is 32.2. The first-order valence-electron chi connectivity index (χ1n) is 12.0. The number of aliphatic hydroxyl groups is 1. The Kier molecular flexibility index (Phi) is 7.85. The van der Waals surface area contributed by atoms with Crippen molar-refractivity contribution in [1.29, 1.82) is 0 Å². The van der Waals surface area contributed by atoms with Gasteiger partial charge in [-0.05, 0) is 42.3 Å². The van der Waals surface area contributed by atoms with Crippen LogP contribution >= 0.6 is 23.1 Å². The number of ether oxygens (including phenoxy) is 1. The summed E-state index contributed by atoms with van der Waals surface area (Å²) < 4.78 is 6.35. The molecule has 1 unspecified atom stereocenters. The number of Topliss-reactive ketones (excluding diaryl/α,β-unsaturated/α-hetero) is 1. The second-order valence-corrected chi connectivity index (χ2v) is 10.9. The van der Waals surface area contributed by atoms with Gasteiger partial charge >= 0.3 is 5.91 Å². The van der Waals surface area contributed by atoms with Gasteiger partial charge in [-0.1, -0.05) is 77.7 Å². The molecule has 0 bridgehead atoms. The molecule has 2 aromatic carbocycles. The molecule has 196 valence electrons. The standard InChI is InChI=1S/C29H24N4O4S2/c1-3-15-37-22-6-4-5-21(16-22)24-23(25(34)20-11-13-30-14-12-20)26(35)27(36)33(24)28-31-32-29(39-28)38-17-19-9-7-18(2)8-10-19/h3-14,16,24,34H,1,15,17H2,2H3. The van der Waals surface area contributed by atoms with E-state index in [0.717, 1.165) is 5.56 Å². The maximum absolute atomic E-state index is 13.4. The number of hydrogen-bond donors (Lipinski definition) is 1. The number of rotatable bonds is 9. The third-order valence-electron chi connectivity index (χ3n) is 6.02. The smallest absolute Gasteiger partial charge is 0.301 e. The van der Waals surface area contributed by atoms with Gasteiger partial charge in [0.25, 0.3) is 5.78 Å². The molecule has 1 atom stereocenters. The number of aryl methyl sites for hydroxylation is 1. The van der Waals surface area contributed by atoms with Crippen LogP contribution in [0.1, 0.15) is 28.3 Å². The van der Waals surface area contributed by atoms with Gasteiger partial charge in [0.05, 0.1) is 11.6 Å². The van der Waals surface area contributed by atoms with Crippen LogP contribution in [0.25, 0.3) is 5.76 Å². The number of amides is 1. The van der Waals surface area contributed by atoms with E-state index >= 15 is 0 Å². The molecule has 1 fully saturated rings. The van der Waals surface area contributed by atoms with E-state index in [2.05, 4.69) is 46.0 Å². The molecule has 39 heavy (non-hydrogen) atoms. The SMILES string of the molecule is C=CCOc1cccc(C2C(=C(O)c3ccncc3)C(=O)C(=O)N2c2nnc(SCc3ccc(C)cc3)s2)c1. The number of ketones is 1. The van der Waals surface area contributed by atoms with Crippen molar-refractivity contribution < 1.29 is 19.4 Å². The van der Waals surface area contributed by atoms with Gasteiger partial charge in [-0.15, -0.1) is 10.2 Å². The Bertz CT molecular complexity index is 1550. The Balaban J connectivity index is 1.54. The Morgan fingerprint density at radius 3 is 2.64 bits per heavy atom. The molecule has 4 aromatic rings. The molecule has 0 spiro atoms. The molecule has 0 radical (unpaired) electrons. The third-order valence-corrected chi connectivity index (χ3v) is 8.15. The summed E-state index contributed by atoms with van der Waals surface area (Å²) in [5, 5.41) is 20.0. The monoisotopic (exact) mass is 556 g/mol. The summed E-state index contributed by atoms with van der Waals surface area (Å²) in [7, 11) is 0. The molecule has 0 saturated carbocycles. The molecule has 1 amide bonds. The quantitative estimate of drug-likeness (QED) is 0.0696. The maximum atomic E-state index is 13.4. The maximum Gasteiger partial charge on any atom is 0.301 e. The van der Waals surface area contributed by atoms with Crippen LogP contribution in [0.2, 0.25) is 0 Å². The molecule has 3 heterocycles. The number of aromatic nitrogens is 3. The summed E-state index contributed by atoms with van der Waals surface area (Å²) in [4.78, 5) is 32.1. The molecule has 1 N–H and O–H groups in total. The number of anilines is 1. The van der Waals surface area contributed by atoms with Crippen LogP contribution in [0.15, 0.2) is 95.6 Å². The minimum Gasteiger partial charge on any atom is -0.507 e. The minimum absolute atomic E-state index is 0.0453. The van der Waals surface area contributed by atoms with Crippen molar-refractivity contribution >= 4 is 45.7 Å². The van der Waals surface area contributed by atoms with Crippen LogP contribution in [-0.4, -0.2) is 38.6 Å². The van der Waals surface area contributed by atoms with Crippen LogP contribution in [0.4, 0.5) is 5.13 Å². The number of hydrogen-bond acceptors (Lipinski definition) is 9. The van der Waals surface area contributed by atoms with Crippen LogP contribution in [0.5, 0.6) is 5.75 Å². The fraction of sp³-hybridized carbons (Fsp3) is 0.138. The average molecular weight is 557 g/mol. The highest BCUT2D eigenvalue weighted by Crippen LogP contribution is 2.44. The zero-order valence-electron chi connectivity index (χ0n) is 21.0. The summed E-state index contributed by atoms with van der Waals surface area (Å²) in [5.41, 5.74) is 3.23. The summed E-state index contributed by atoms with van der Waals surface area (Å²) in [5.74, 6) is -0.676. The lowest BCUT2D eigenvalue weighted by Crippen LogP contribution is -2.29. The zero-order chi connectivity index (χ0) is 27.4. The number of nitrogens with zero attached hydrogens (tertiary/aromatic N) is 4. The van der Waals surface area contributed by atoms with Gasteiger partial charge in [0.15, 0.2) is 4.34 Å². The van der Waals surface area contributed by atoms with Crippen molar-refractivity contribution in [3.63, 3.8) is 0 Å². The number of carbonyl (C=O) groups is 2. The highest BCUT2D eigenvalue weighted by Gasteiger charge is 2.48. The average Bonchev–Trinajstić information content (AvgIpc) is 3.53. The van der Waals surface area contributed by atoms with Crippen molar-refractivity contribution in [3.8, 4) is 5.75 Å². The van der Waals surface area contributed by atoms with Gasteiger partial charge in [-0.3, -0.25) is 19.5 Å². The van der Waals surface area contributed by atoms with Crippen LogP contribution < -0.4 is 9.64 Å².